The molecule has 0 aliphatic carbocycles. The van der Waals surface area contributed by atoms with Crippen LogP contribution in [-0.4, -0.2) is 18.1 Å². The summed E-state index contributed by atoms with van der Waals surface area (Å²) in [7, 11) is 0. The molecule has 3 heteroatoms. The molecule has 0 aromatic heterocycles. The van der Waals surface area contributed by atoms with E-state index in [0.29, 0.717) is 17.7 Å². The van der Waals surface area contributed by atoms with E-state index in [1.54, 1.807) is 0 Å². The third-order valence-corrected chi connectivity index (χ3v) is 3.12. The number of carbonyl (C=O) groups excluding carboxylic acids is 1. The van der Waals surface area contributed by atoms with E-state index in [2.05, 4.69) is 5.16 Å². The van der Waals surface area contributed by atoms with Gasteiger partial charge in [0.15, 0.2) is 5.78 Å². The Labute approximate surface area is 111 Å². The highest BCUT2D eigenvalue weighted by atomic mass is 16.6. The molecule has 0 radical (unpaired) electrons. The number of oxime groups is 1. The fourth-order valence-corrected chi connectivity index (χ4v) is 2.17. The Hall–Kier alpha value is -2.42. The molecule has 19 heavy (non-hydrogen) atoms. The largest absolute Gasteiger partial charge is 0.395 e. The van der Waals surface area contributed by atoms with Gasteiger partial charge in [-0.15, -0.1) is 0 Å². The van der Waals surface area contributed by atoms with Crippen LogP contribution in [0.4, 0.5) is 0 Å². The predicted molar refractivity (Wildman–Crippen MR) is 73.4 cm³/mol. The average molecular weight is 251 g/mol. The lowest BCUT2D eigenvalue weighted by atomic mass is 9.95. The minimum absolute atomic E-state index is 0.0193. The van der Waals surface area contributed by atoms with Crippen molar-refractivity contribution in [1.82, 2.24) is 0 Å². The molecular formula is C16H13NO2. The molecule has 94 valence electrons. The minimum atomic E-state index is 0.0193. The molecule has 3 rings (SSSR count). The summed E-state index contributed by atoms with van der Waals surface area (Å²) in [5.74, 6) is 0.0193. The van der Waals surface area contributed by atoms with Crippen molar-refractivity contribution >= 4 is 11.5 Å². The number of nitrogens with zero attached hydrogens (tertiary/aromatic N) is 1. The molecule has 3 nitrogen and oxygen atoms in total. The predicted octanol–water partition coefficient (Wildman–Crippen LogP) is 3.04. The lowest BCUT2D eigenvalue weighted by molar-refractivity contribution is 0.103. The topological polar surface area (TPSA) is 38.7 Å². The van der Waals surface area contributed by atoms with Gasteiger partial charge >= 0.3 is 0 Å². The molecule has 0 saturated heterocycles. The summed E-state index contributed by atoms with van der Waals surface area (Å²) in [4.78, 5) is 17.6. The van der Waals surface area contributed by atoms with E-state index in [9.17, 15) is 4.79 Å². The molecule has 0 bridgehead atoms. The van der Waals surface area contributed by atoms with Gasteiger partial charge in [0.2, 0.25) is 0 Å². The molecule has 1 aliphatic rings. The van der Waals surface area contributed by atoms with E-state index in [0.717, 1.165) is 17.7 Å². The second kappa shape index (κ2) is 5.06. The summed E-state index contributed by atoms with van der Waals surface area (Å²) in [6.45, 7) is 0.587. The van der Waals surface area contributed by atoms with Gasteiger partial charge < -0.3 is 4.84 Å². The zero-order valence-corrected chi connectivity index (χ0v) is 10.4. The minimum Gasteiger partial charge on any atom is -0.395 e. The van der Waals surface area contributed by atoms with E-state index in [1.807, 2.05) is 54.6 Å². The number of carbonyl (C=O) groups is 1. The summed E-state index contributed by atoms with van der Waals surface area (Å²) in [6, 6.07) is 16.8. The van der Waals surface area contributed by atoms with Gasteiger partial charge in [0.25, 0.3) is 0 Å². The SMILES string of the molecule is O=C(c1ccccc1)c1ccccc1C1=NOCC1. The van der Waals surface area contributed by atoms with Crippen LogP contribution in [0.2, 0.25) is 0 Å². The summed E-state index contributed by atoms with van der Waals surface area (Å²) in [5.41, 5.74) is 3.08. The maximum atomic E-state index is 12.5. The molecule has 0 fully saturated rings. The van der Waals surface area contributed by atoms with Gasteiger partial charge in [-0.25, -0.2) is 0 Å². The average Bonchev–Trinajstić information content (AvgIpc) is 3.01. The molecule has 0 saturated carbocycles. The summed E-state index contributed by atoms with van der Waals surface area (Å²) in [6.07, 6.45) is 0.749. The van der Waals surface area contributed by atoms with Crippen LogP contribution in [0.3, 0.4) is 0 Å². The first-order valence-corrected chi connectivity index (χ1v) is 6.24. The van der Waals surface area contributed by atoms with Gasteiger partial charge in [-0.2, -0.15) is 0 Å². The molecule has 0 atom stereocenters. The van der Waals surface area contributed by atoms with Crippen LogP contribution in [-0.2, 0) is 4.84 Å². The summed E-state index contributed by atoms with van der Waals surface area (Å²) < 4.78 is 0. The zero-order valence-electron chi connectivity index (χ0n) is 10.4. The Morgan fingerprint density at radius 3 is 2.47 bits per heavy atom. The fourth-order valence-electron chi connectivity index (χ4n) is 2.17. The normalized spacial score (nSPS) is 13.8. The molecule has 1 aliphatic heterocycles. The maximum Gasteiger partial charge on any atom is 0.193 e. The Bertz CT molecular complexity index is 632. The van der Waals surface area contributed by atoms with Gasteiger partial charge in [-0.1, -0.05) is 59.8 Å². The van der Waals surface area contributed by atoms with E-state index in [4.69, 9.17) is 4.84 Å². The second-order valence-electron chi connectivity index (χ2n) is 4.36. The van der Waals surface area contributed by atoms with E-state index in [1.165, 1.54) is 0 Å². The highest BCUT2D eigenvalue weighted by Gasteiger charge is 2.19. The monoisotopic (exact) mass is 251 g/mol. The fraction of sp³-hybridized carbons (Fsp3) is 0.125. The van der Waals surface area contributed by atoms with Gasteiger partial charge in [-0.3, -0.25) is 4.79 Å². The third-order valence-electron chi connectivity index (χ3n) is 3.12. The standard InChI is InChI=1S/C16H13NO2/c18-16(12-6-2-1-3-7-12)14-9-5-4-8-13(14)15-10-11-19-17-15/h1-9H,10-11H2. The van der Waals surface area contributed by atoms with Crippen molar-refractivity contribution in [3.8, 4) is 0 Å². The van der Waals surface area contributed by atoms with Crippen LogP contribution < -0.4 is 0 Å². The molecule has 0 spiro atoms. The number of benzene rings is 2. The van der Waals surface area contributed by atoms with Crippen molar-refractivity contribution < 1.29 is 9.63 Å². The Morgan fingerprint density at radius 2 is 1.74 bits per heavy atom. The van der Waals surface area contributed by atoms with Crippen LogP contribution in [0.1, 0.15) is 27.9 Å². The maximum absolute atomic E-state index is 12.5. The molecular weight excluding hydrogens is 238 g/mol. The smallest absolute Gasteiger partial charge is 0.193 e. The first kappa shape index (κ1) is 11.7. The van der Waals surface area contributed by atoms with Crippen LogP contribution in [0, 0.1) is 0 Å². The Balaban J connectivity index is 2.03. The van der Waals surface area contributed by atoms with Crippen LogP contribution in [0.25, 0.3) is 0 Å². The Kier molecular flexibility index (Phi) is 3.11. The van der Waals surface area contributed by atoms with Gasteiger partial charge in [-0.05, 0) is 0 Å². The molecule has 0 unspecified atom stereocenters. The number of ketones is 1. The van der Waals surface area contributed by atoms with E-state index in [-0.39, 0.29) is 5.78 Å². The lowest BCUT2D eigenvalue weighted by Crippen LogP contribution is -2.09. The van der Waals surface area contributed by atoms with E-state index >= 15 is 0 Å². The zero-order chi connectivity index (χ0) is 13.1. The number of rotatable bonds is 3. The molecule has 1 heterocycles. The molecule has 2 aromatic rings. The van der Waals surface area contributed by atoms with Crippen molar-refractivity contribution in [3.63, 3.8) is 0 Å². The second-order valence-corrected chi connectivity index (χ2v) is 4.36. The van der Waals surface area contributed by atoms with Crippen molar-refractivity contribution in [2.24, 2.45) is 5.16 Å². The third kappa shape index (κ3) is 2.27. The van der Waals surface area contributed by atoms with Crippen LogP contribution >= 0.6 is 0 Å². The van der Waals surface area contributed by atoms with Crippen molar-refractivity contribution in [3.05, 3.63) is 71.3 Å². The van der Waals surface area contributed by atoms with E-state index < -0.39 is 0 Å². The van der Waals surface area contributed by atoms with Crippen LogP contribution in [0.15, 0.2) is 59.8 Å². The lowest BCUT2D eigenvalue weighted by Gasteiger charge is -2.07. The highest BCUT2D eigenvalue weighted by Crippen LogP contribution is 2.19. The summed E-state index contributed by atoms with van der Waals surface area (Å²) >= 11 is 0. The van der Waals surface area contributed by atoms with Gasteiger partial charge in [0, 0.05) is 23.1 Å². The Morgan fingerprint density at radius 1 is 1.00 bits per heavy atom. The van der Waals surface area contributed by atoms with Crippen molar-refractivity contribution in [2.45, 2.75) is 6.42 Å². The molecule has 0 N–H and O–H groups in total. The number of hydrogen-bond donors (Lipinski definition) is 0. The van der Waals surface area contributed by atoms with Crippen LogP contribution in [0.5, 0.6) is 0 Å². The highest BCUT2D eigenvalue weighted by molar-refractivity contribution is 6.16. The molecule has 0 amide bonds. The van der Waals surface area contributed by atoms with Gasteiger partial charge in [0.1, 0.15) is 6.61 Å². The first-order chi connectivity index (χ1) is 9.36. The summed E-state index contributed by atoms with van der Waals surface area (Å²) in [5, 5.41) is 4.01. The van der Waals surface area contributed by atoms with Crippen molar-refractivity contribution in [2.75, 3.05) is 6.61 Å². The van der Waals surface area contributed by atoms with Gasteiger partial charge in [0.05, 0.1) is 5.71 Å². The first-order valence-electron chi connectivity index (χ1n) is 6.24. The quantitative estimate of drug-likeness (QED) is 0.786. The number of hydrogen-bond acceptors (Lipinski definition) is 3. The molecule has 2 aromatic carbocycles. The van der Waals surface area contributed by atoms with Crippen molar-refractivity contribution in [1.29, 1.82) is 0 Å².